The fraction of sp³-hybridized carbons (Fsp3) is 0.612. The van der Waals surface area contributed by atoms with Gasteiger partial charge in [0.15, 0.2) is 5.69 Å². The molecule has 0 aromatic carbocycles. The summed E-state index contributed by atoms with van der Waals surface area (Å²) in [5, 5.41) is 33.2. The molecule has 0 spiro atoms. The Bertz CT molecular complexity index is 2280. The van der Waals surface area contributed by atoms with Gasteiger partial charge in [0.25, 0.3) is 5.91 Å². The third kappa shape index (κ3) is 32.2. The maximum Gasteiger partial charge on any atom is 0.490 e. The summed E-state index contributed by atoms with van der Waals surface area (Å²) in [6.45, 7) is 19.4. The molecule has 2 bridgehead atoms. The van der Waals surface area contributed by atoms with Crippen molar-refractivity contribution in [1.29, 1.82) is 0 Å². The molecule has 0 aliphatic carbocycles. The van der Waals surface area contributed by atoms with Crippen LogP contribution in [0.5, 0.6) is 0 Å². The number of amides is 5. The minimum atomic E-state index is -5.08. The molecule has 0 unspecified atom stereocenters. The fourth-order valence-corrected chi connectivity index (χ4v) is 6.93. The number of aliphatic carboxylic acids is 1. The molecule has 21 nitrogen and oxygen atoms in total. The van der Waals surface area contributed by atoms with Crippen LogP contribution in [0, 0.1) is 11.8 Å². The number of halogens is 6. The van der Waals surface area contributed by atoms with E-state index in [0.717, 1.165) is 11.3 Å². The predicted octanol–water partition coefficient (Wildman–Crippen LogP) is 7.47. The number of aromatic nitrogens is 2. The maximum atomic E-state index is 12.9. The van der Waals surface area contributed by atoms with E-state index in [1.165, 1.54) is 48.8 Å². The van der Waals surface area contributed by atoms with E-state index < -0.39 is 89.1 Å². The molecule has 1 aliphatic heterocycles. The highest BCUT2D eigenvalue weighted by molar-refractivity contribution is 14.1. The third-order valence-corrected chi connectivity index (χ3v) is 11.4. The fourth-order valence-electron chi connectivity index (χ4n) is 5.26. The van der Waals surface area contributed by atoms with E-state index in [1.807, 2.05) is 13.8 Å². The quantitative estimate of drug-likeness (QED) is 0.0329. The Morgan fingerprint density at radius 2 is 1.56 bits per heavy atom. The number of carbonyl (C=O) groups excluding carboxylic acids is 7. The number of carboxylic acid groups (broad SMARTS) is 2. The van der Waals surface area contributed by atoms with Crippen molar-refractivity contribution in [2.45, 2.75) is 164 Å². The number of thiazole rings is 2. The van der Waals surface area contributed by atoms with Gasteiger partial charge in [0.05, 0.1) is 31.5 Å². The van der Waals surface area contributed by atoms with Gasteiger partial charge in [0, 0.05) is 22.5 Å². The van der Waals surface area contributed by atoms with Gasteiger partial charge in [-0.15, -0.1) is 45.9 Å². The largest absolute Gasteiger partial charge is 0.490 e. The van der Waals surface area contributed by atoms with Gasteiger partial charge in [-0.3, -0.25) is 24.0 Å². The first-order valence-electron chi connectivity index (χ1n) is 23.8. The SMILES string of the molecule is C.CC.CC(C)[C@@H]1NC(=O)C(C)(C)NC(=O)c2csc(n2)CNC(=O)C[C@@H](/C=C/CCCl)OC1=O.CC(C)[C@H](NC(=O)C(C)(C)N)C(=O)O[C@H](/C=C/CCCl)CC(=O)NCc1nc(C(=O)O)cs1.CCI.O=C(O)C(F)(F)F. The zero-order valence-electron chi connectivity index (χ0n) is 44.7. The lowest BCUT2D eigenvalue weighted by Gasteiger charge is -2.29. The summed E-state index contributed by atoms with van der Waals surface area (Å²) < 4.78 is 44.0. The monoisotopic (exact) mass is 1300 g/mol. The Balaban J connectivity index is -0.00000118. The molecule has 3 heterocycles. The van der Waals surface area contributed by atoms with E-state index in [9.17, 15) is 51.5 Å². The number of allylic oxidation sites excluding steroid dienone is 2. The average molecular weight is 1300 g/mol. The summed E-state index contributed by atoms with van der Waals surface area (Å²) in [6, 6.07) is -1.92. The number of esters is 2. The summed E-state index contributed by atoms with van der Waals surface area (Å²) in [5.41, 5.74) is 3.37. The van der Waals surface area contributed by atoms with Crippen LogP contribution in [-0.2, 0) is 56.1 Å². The molecule has 1 aliphatic rings. The number of hydrogen-bond acceptors (Lipinski definition) is 16. The third-order valence-electron chi connectivity index (χ3n) is 9.23. The number of carbonyl (C=O) groups is 9. The van der Waals surface area contributed by atoms with E-state index in [0.29, 0.717) is 34.6 Å². The molecule has 0 saturated carbocycles. The van der Waals surface area contributed by atoms with Crippen molar-refractivity contribution in [3.8, 4) is 0 Å². The van der Waals surface area contributed by atoms with Gasteiger partial charge in [-0.05, 0) is 69.0 Å². The van der Waals surface area contributed by atoms with Crippen LogP contribution in [-0.4, -0.2) is 131 Å². The van der Waals surface area contributed by atoms with Crippen LogP contribution < -0.4 is 32.3 Å². The number of carboxylic acids is 2. The number of fused-ring (bicyclic) bond motifs is 2. The number of hydrogen-bond donors (Lipinski definition) is 8. The number of nitrogens with one attached hydrogen (secondary N) is 5. The number of ether oxygens (including phenoxy) is 2. The van der Waals surface area contributed by atoms with Crippen molar-refractivity contribution in [1.82, 2.24) is 36.6 Å². The summed E-state index contributed by atoms with van der Waals surface area (Å²) in [6.07, 6.45) is 0.612. The van der Waals surface area contributed by atoms with Gasteiger partial charge in [-0.25, -0.2) is 29.1 Å². The highest BCUT2D eigenvalue weighted by Crippen LogP contribution is 2.17. The summed E-state index contributed by atoms with van der Waals surface area (Å²) in [4.78, 5) is 116. The van der Waals surface area contributed by atoms with Gasteiger partial charge in [0.2, 0.25) is 23.6 Å². The van der Waals surface area contributed by atoms with Crippen molar-refractivity contribution in [3.63, 3.8) is 0 Å². The molecule has 0 saturated heterocycles. The van der Waals surface area contributed by atoms with E-state index in [1.54, 1.807) is 57.4 Å². The first kappa shape index (κ1) is 77.3. The average Bonchev–Trinajstić information content (AvgIpc) is 4.02. The van der Waals surface area contributed by atoms with Gasteiger partial charge in [-0.1, -0.05) is 90.6 Å². The lowest BCUT2D eigenvalue weighted by molar-refractivity contribution is -0.192. The first-order valence-corrected chi connectivity index (χ1v) is 28.2. The topological polar surface area (TPSA) is 324 Å². The van der Waals surface area contributed by atoms with E-state index in [2.05, 4.69) is 66.1 Å². The molecular weight excluding hydrogens is 1230 g/mol. The minimum absolute atomic E-state index is 0. The van der Waals surface area contributed by atoms with Crippen molar-refractivity contribution in [2.75, 3.05) is 16.2 Å². The van der Waals surface area contributed by atoms with Crippen LogP contribution in [0.3, 0.4) is 0 Å². The highest BCUT2D eigenvalue weighted by atomic mass is 127. The second kappa shape index (κ2) is 39.4. The Kier molecular flexibility index (Phi) is 39.0. The molecule has 9 N–H and O–H groups in total. The lowest BCUT2D eigenvalue weighted by atomic mass is 9.99. The summed E-state index contributed by atoms with van der Waals surface area (Å²) in [5.74, 6) is -7.45. The molecule has 2 aromatic rings. The van der Waals surface area contributed by atoms with E-state index in [4.69, 9.17) is 53.4 Å². The van der Waals surface area contributed by atoms with Crippen LogP contribution in [0.1, 0.15) is 140 Å². The second-order valence-electron chi connectivity index (χ2n) is 17.5. The molecule has 0 fully saturated rings. The molecule has 444 valence electrons. The van der Waals surface area contributed by atoms with Gasteiger partial charge < -0.3 is 52.0 Å². The molecule has 78 heavy (non-hydrogen) atoms. The van der Waals surface area contributed by atoms with Crippen LogP contribution in [0.4, 0.5) is 13.2 Å². The lowest BCUT2D eigenvalue weighted by Crippen LogP contribution is -2.59. The molecule has 2 aromatic heterocycles. The minimum Gasteiger partial charge on any atom is -0.476 e. The van der Waals surface area contributed by atoms with Crippen LogP contribution in [0.2, 0.25) is 0 Å². The van der Waals surface area contributed by atoms with Gasteiger partial charge in [0.1, 0.15) is 45.5 Å². The number of cyclic esters (lactones) is 1. The standard InChI is InChI=1S/C21H31ClN4O6S.C21H29ClN4O5S.C2HF3O2.C2H5I.C2H6.CH4/c1-12(2)17(26-20(31)21(3,4)23)19(30)32-13(7-5-6-8-22)9-15(27)24-10-16-25-14(11-33-16)18(28)29;1-12(2)17-19(29)31-13(7-5-6-8-22)9-15(27)23-10-16-24-14(11-32-16)18(28)26-21(3,4)20(30)25-17;3-2(4,5)1(6)7;1-2-3;1-2;/h5,7,11-13,17H,6,8-10,23H2,1-4H3,(H,24,27)(H,26,31)(H,28,29);5,7,11-13,17H,6,8-10H2,1-4H3,(H,23,27)(H,25,30)(H,26,28);(H,6,7);2H2,1H3;1-2H3;1H4/b2*7-5+;;;;/t2*13-,17+;;;;/m11..../s1. The summed E-state index contributed by atoms with van der Waals surface area (Å²) in [7, 11) is 0. The Hall–Kier alpha value is -4.97. The Morgan fingerprint density at radius 1 is 1.00 bits per heavy atom. The van der Waals surface area contributed by atoms with Crippen molar-refractivity contribution < 1.29 is 76.0 Å². The van der Waals surface area contributed by atoms with Crippen LogP contribution in [0.25, 0.3) is 0 Å². The zero-order chi connectivity index (χ0) is 59.9. The molecule has 4 atom stereocenters. The molecular formula is C49H76Cl2F3IN8O13S2. The van der Waals surface area contributed by atoms with Crippen LogP contribution >= 0.6 is 68.5 Å². The second-order valence-corrected chi connectivity index (χ2v) is 21.7. The van der Waals surface area contributed by atoms with Gasteiger partial charge in [-0.2, -0.15) is 13.2 Å². The Labute approximate surface area is 485 Å². The van der Waals surface area contributed by atoms with E-state index in [-0.39, 0.29) is 62.5 Å². The number of rotatable bonds is 17. The normalized spacial score (nSPS) is 16.5. The van der Waals surface area contributed by atoms with Crippen LogP contribution in [0.15, 0.2) is 35.1 Å². The first-order chi connectivity index (χ1) is 35.7. The highest BCUT2D eigenvalue weighted by Gasteiger charge is 2.39. The number of alkyl halides is 6. The van der Waals surface area contributed by atoms with E-state index >= 15 is 0 Å². The molecule has 29 heteroatoms. The number of nitrogens with zero attached hydrogens (tertiary/aromatic N) is 2. The molecule has 0 radical (unpaired) electrons. The maximum absolute atomic E-state index is 12.9. The number of nitrogens with two attached hydrogens (primary N) is 1. The molecule has 5 amide bonds. The predicted molar refractivity (Wildman–Crippen MR) is 303 cm³/mol. The smallest absolute Gasteiger partial charge is 0.476 e. The van der Waals surface area contributed by atoms with Gasteiger partial charge >= 0.3 is 30.1 Å². The van der Waals surface area contributed by atoms with Crippen molar-refractivity contribution in [3.05, 3.63) is 56.5 Å². The summed E-state index contributed by atoms with van der Waals surface area (Å²) >= 11 is 16.0. The van der Waals surface area contributed by atoms with Crippen molar-refractivity contribution in [2.24, 2.45) is 17.6 Å². The molecule has 3 rings (SSSR count). The number of aromatic carboxylic acids is 1. The van der Waals surface area contributed by atoms with Crippen molar-refractivity contribution >= 4 is 122 Å². The zero-order valence-corrected chi connectivity index (χ0v) is 50.0. The Morgan fingerprint density at radius 3 is 2.05 bits per heavy atom.